The van der Waals surface area contributed by atoms with Crippen LogP contribution in [-0.2, 0) is 16.6 Å². The third kappa shape index (κ3) is 3.94. The van der Waals surface area contributed by atoms with Crippen LogP contribution < -0.4 is 4.74 Å². The van der Waals surface area contributed by atoms with Crippen molar-refractivity contribution in [1.82, 2.24) is 4.31 Å². The molecule has 0 aliphatic carbocycles. The molecule has 0 saturated carbocycles. The summed E-state index contributed by atoms with van der Waals surface area (Å²) >= 11 is 3.31. The van der Waals surface area contributed by atoms with E-state index in [0.29, 0.717) is 16.8 Å². The SMILES string of the molecule is COc1ccc(Br)cc1S(=O)(=O)N(C)Cc1ccc(C)cc1C. The third-order valence-corrected chi connectivity index (χ3v) is 6.02. The van der Waals surface area contributed by atoms with Crippen LogP contribution in [0.4, 0.5) is 0 Å². The summed E-state index contributed by atoms with van der Waals surface area (Å²) < 4.78 is 33.0. The maximum Gasteiger partial charge on any atom is 0.246 e. The molecular weight excluding hydrogens is 378 g/mol. The molecule has 0 aliphatic heterocycles. The highest BCUT2D eigenvalue weighted by Gasteiger charge is 2.25. The summed E-state index contributed by atoms with van der Waals surface area (Å²) in [6, 6.07) is 11.0. The number of rotatable bonds is 5. The zero-order chi connectivity index (χ0) is 17.2. The number of halogens is 1. The summed E-state index contributed by atoms with van der Waals surface area (Å²) in [4.78, 5) is 0.154. The van der Waals surface area contributed by atoms with Crippen molar-refractivity contribution in [2.24, 2.45) is 0 Å². The van der Waals surface area contributed by atoms with Gasteiger partial charge < -0.3 is 4.74 Å². The predicted octanol–water partition coefficient (Wildman–Crippen LogP) is 3.90. The highest BCUT2D eigenvalue weighted by molar-refractivity contribution is 9.10. The van der Waals surface area contributed by atoms with Gasteiger partial charge >= 0.3 is 0 Å². The standard InChI is InChI=1S/C17H20BrNO3S/c1-12-5-6-14(13(2)9-12)11-19(3)23(20,21)17-10-15(18)7-8-16(17)22-4/h5-10H,11H2,1-4H3. The Morgan fingerprint density at radius 2 is 1.83 bits per heavy atom. The zero-order valence-electron chi connectivity index (χ0n) is 13.6. The van der Waals surface area contributed by atoms with E-state index >= 15 is 0 Å². The van der Waals surface area contributed by atoms with E-state index in [4.69, 9.17) is 4.74 Å². The van der Waals surface area contributed by atoms with Gasteiger partial charge in [-0.1, -0.05) is 39.7 Å². The molecule has 124 valence electrons. The van der Waals surface area contributed by atoms with Crippen LogP contribution in [0.15, 0.2) is 45.8 Å². The molecule has 23 heavy (non-hydrogen) atoms. The average molecular weight is 398 g/mol. The van der Waals surface area contributed by atoms with E-state index in [1.807, 2.05) is 26.0 Å². The maximum absolute atomic E-state index is 12.9. The van der Waals surface area contributed by atoms with E-state index < -0.39 is 10.0 Å². The number of nitrogens with zero attached hydrogens (tertiary/aromatic N) is 1. The van der Waals surface area contributed by atoms with E-state index in [1.165, 1.54) is 11.4 Å². The van der Waals surface area contributed by atoms with Gasteiger partial charge in [0.05, 0.1) is 7.11 Å². The van der Waals surface area contributed by atoms with Gasteiger partial charge in [0, 0.05) is 18.1 Å². The first-order chi connectivity index (χ1) is 10.8. The summed E-state index contributed by atoms with van der Waals surface area (Å²) in [6.07, 6.45) is 0. The second-order valence-corrected chi connectivity index (χ2v) is 8.42. The molecule has 0 fully saturated rings. The van der Waals surface area contributed by atoms with Crippen molar-refractivity contribution in [1.29, 1.82) is 0 Å². The number of hydrogen-bond acceptors (Lipinski definition) is 3. The van der Waals surface area contributed by atoms with Gasteiger partial charge in [0.15, 0.2) is 0 Å². The molecule has 2 aromatic rings. The maximum atomic E-state index is 12.9. The molecule has 4 nitrogen and oxygen atoms in total. The molecular formula is C17H20BrNO3S. The molecule has 0 aromatic heterocycles. The number of methoxy groups -OCH3 is 1. The van der Waals surface area contributed by atoms with Gasteiger partial charge in [0.25, 0.3) is 0 Å². The van der Waals surface area contributed by atoms with Gasteiger partial charge in [-0.3, -0.25) is 0 Å². The molecule has 0 bridgehead atoms. The van der Waals surface area contributed by atoms with Crippen molar-refractivity contribution in [3.05, 3.63) is 57.6 Å². The Kier molecular flexibility index (Phi) is 5.49. The Labute approximate surface area is 146 Å². The van der Waals surface area contributed by atoms with Crippen LogP contribution in [0.5, 0.6) is 5.75 Å². The first-order valence-corrected chi connectivity index (χ1v) is 9.35. The largest absolute Gasteiger partial charge is 0.495 e. The second-order valence-electron chi connectivity index (χ2n) is 5.49. The molecule has 0 aliphatic rings. The van der Waals surface area contributed by atoms with Crippen molar-refractivity contribution in [2.75, 3.05) is 14.2 Å². The van der Waals surface area contributed by atoms with E-state index in [2.05, 4.69) is 22.0 Å². The van der Waals surface area contributed by atoms with Crippen LogP contribution in [-0.4, -0.2) is 26.9 Å². The molecule has 0 spiro atoms. The van der Waals surface area contributed by atoms with Gasteiger partial charge in [0.1, 0.15) is 10.6 Å². The predicted molar refractivity (Wildman–Crippen MR) is 95.3 cm³/mol. The highest BCUT2D eigenvalue weighted by Crippen LogP contribution is 2.30. The van der Waals surface area contributed by atoms with Gasteiger partial charge in [-0.05, 0) is 43.2 Å². The topological polar surface area (TPSA) is 46.6 Å². The summed E-state index contributed by atoms with van der Waals surface area (Å²) in [7, 11) is -0.608. The molecule has 0 atom stereocenters. The van der Waals surface area contributed by atoms with Crippen LogP contribution in [0, 0.1) is 13.8 Å². The third-order valence-electron chi connectivity index (χ3n) is 3.71. The van der Waals surface area contributed by atoms with Gasteiger partial charge in [0.2, 0.25) is 10.0 Å². The van der Waals surface area contributed by atoms with Crippen molar-refractivity contribution in [2.45, 2.75) is 25.3 Å². The molecule has 2 aromatic carbocycles. The Bertz CT molecular complexity index is 819. The van der Waals surface area contributed by atoms with E-state index in [-0.39, 0.29) is 4.90 Å². The van der Waals surface area contributed by atoms with Gasteiger partial charge in [-0.2, -0.15) is 4.31 Å². The molecule has 2 rings (SSSR count). The first-order valence-electron chi connectivity index (χ1n) is 7.11. The van der Waals surface area contributed by atoms with Gasteiger partial charge in [-0.25, -0.2) is 8.42 Å². The minimum atomic E-state index is -3.65. The number of aryl methyl sites for hydroxylation is 2. The molecule has 6 heteroatoms. The number of benzene rings is 2. The summed E-state index contributed by atoms with van der Waals surface area (Å²) in [5, 5.41) is 0. The van der Waals surface area contributed by atoms with Crippen LogP contribution in [0.25, 0.3) is 0 Å². The second kappa shape index (κ2) is 7.03. The molecule has 0 N–H and O–H groups in total. The van der Waals surface area contributed by atoms with Crippen LogP contribution >= 0.6 is 15.9 Å². The zero-order valence-corrected chi connectivity index (χ0v) is 16.0. The average Bonchev–Trinajstić information content (AvgIpc) is 2.49. The summed E-state index contributed by atoms with van der Waals surface area (Å²) in [6.45, 7) is 4.32. The minimum Gasteiger partial charge on any atom is -0.495 e. The lowest BCUT2D eigenvalue weighted by Gasteiger charge is -2.20. The van der Waals surface area contributed by atoms with Crippen molar-refractivity contribution >= 4 is 26.0 Å². The van der Waals surface area contributed by atoms with Crippen LogP contribution in [0.1, 0.15) is 16.7 Å². The number of ether oxygens (including phenoxy) is 1. The van der Waals surface area contributed by atoms with Crippen molar-refractivity contribution in [3.8, 4) is 5.75 Å². The molecule has 0 unspecified atom stereocenters. The minimum absolute atomic E-state index is 0.154. The lowest BCUT2D eigenvalue weighted by molar-refractivity contribution is 0.397. The molecule has 0 amide bonds. The normalized spacial score (nSPS) is 11.7. The van der Waals surface area contributed by atoms with Crippen molar-refractivity contribution < 1.29 is 13.2 Å². The quantitative estimate of drug-likeness (QED) is 0.768. The Hall–Kier alpha value is -1.37. The van der Waals surface area contributed by atoms with E-state index in [0.717, 1.165) is 16.7 Å². The monoisotopic (exact) mass is 397 g/mol. The fourth-order valence-electron chi connectivity index (χ4n) is 2.37. The lowest BCUT2D eigenvalue weighted by atomic mass is 10.1. The molecule has 0 saturated heterocycles. The first kappa shape index (κ1) is 18.0. The Morgan fingerprint density at radius 3 is 2.43 bits per heavy atom. The summed E-state index contributed by atoms with van der Waals surface area (Å²) in [5.41, 5.74) is 3.22. The molecule has 0 radical (unpaired) electrons. The van der Waals surface area contributed by atoms with Crippen LogP contribution in [0.3, 0.4) is 0 Å². The lowest BCUT2D eigenvalue weighted by Crippen LogP contribution is -2.27. The smallest absolute Gasteiger partial charge is 0.246 e. The van der Waals surface area contributed by atoms with Crippen LogP contribution in [0.2, 0.25) is 0 Å². The fourth-order valence-corrected chi connectivity index (χ4v) is 4.21. The molecule has 0 heterocycles. The number of sulfonamides is 1. The summed E-state index contributed by atoms with van der Waals surface area (Å²) in [5.74, 6) is 0.334. The van der Waals surface area contributed by atoms with E-state index in [1.54, 1.807) is 25.2 Å². The van der Waals surface area contributed by atoms with Gasteiger partial charge in [-0.15, -0.1) is 0 Å². The highest BCUT2D eigenvalue weighted by atomic mass is 79.9. The Balaban J connectivity index is 2.37. The fraction of sp³-hybridized carbons (Fsp3) is 0.294. The number of hydrogen-bond donors (Lipinski definition) is 0. The van der Waals surface area contributed by atoms with E-state index in [9.17, 15) is 8.42 Å². The Morgan fingerprint density at radius 1 is 1.13 bits per heavy atom. The van der Waals surface area contributed by atoms with Crippen molar-refractivity contribution in [3.63, 3.8) is 0 Å².